The quantitative estimate of drug-likeness (QED) is 0.0861. The van der Waals surface area contributed by atoms with Gasteiger partial charge in [0.2, 0.25) is 0 Å². The molecule has 3 nitrogen and oxygen atoms in total. The molecule has 0 saturated heterocycles. The molecule has 0 aliphatic rings. The maximum atomic E-state index is 12.1. The Balaban J connectivity index is 3.78. The van der Waals surface area contributed by atoms with Gasteiger partial charge in [0.15, 0.2) is 0 Å². The third kappa shape index (κ3) is 12.9. The molecule has 0 radical (unpaired) electrons. The van der Waals surface area contributed by atoms with Gasteiger partial charge < -0.3 is 4.89 Å². The van der Waals surface area contributed by atoms with Gasteiger partial charge in [-0.05, 0) is 38.5 Å². The van der Waals surface area contributed by atoms with Crippen molar-refractivity contribution in [3.8, 4) is 0 Å². The van der Waals surface area contributed by atoms with Crippen LogP contribution in [0.2, 0.25) is 0 Å². The van der Waals surface area contributed by atoms with Crippen molar-refractivity contribution < 1.29 is 13.9 Å². The maximum absolute atomic E-state index is 12.1. The smallest absolute Gasteiger partial charge is 0.376 e. The monoisotopic (exact) mass is 428 g/mol. The van der Waals surface area contributed by atoms with Gasteiger partial charge >= 0.3 is 8.03 Å². The molecular formula is C25H51NO2P+. The summed E-state index contributed by atoms with van der Waals surface area (Å²) in [7, 11) is 3.64. The van der Waals surface area contributed by atoms with E-state index in [2.05, 4.69) is 26.0 Å². The Morgan fingerprint density at radius 1 is 0.690 bits per heavy atom. The standard InChI is InChI=1S/C25H51NO2P/c1-6-8-9-10-11-12-13-14-15-16-17-18-19-20-21-22-24-25(23-7-2,29(27)28)26(3,4)5/h17-18H,6-16,19-24H2,1-5H3/q+1. The van der Waals surface area contributed by atoms with E-state index < -0.39 is 13.3 Å². The Hall–Kier alpha value is -0.240. The molecule has 0 aromatic rings. The zero-order chi connectivity index (χ0) is 22.0. The van der Waals surface area contributed by atoms with Crippen molar-refractivity contribution in [2.75, 3.05) is 21.1 Å². The predicted octanol–water partition coefficient (Wildman–Crippen LogP) is 7.72. The summed E-state index contributed by atoms with van der Waals surface area (Å²) in [4.78, 5) is 12.1. The lowest BCUT2D eigenvalue weighted by Crippen LogP contribution is -2.55. The van der Waals surface area contributed by atoms with E-state index in [0.29, 0.717) is 4.48 Å². The molecule has 0 fully saturated rings. The molecule has 0 aromatic heterocycles. The predicted molar refractivity (Wildman–Crippen MR) is 127 cm³/mol. The third-order valence-corrected chi connectivity index (χ3v) is 8.05. The van der Waals surface area contributed by atoms with E-state index in [9.17, 15) is 9.46 Å². The largest absolute Gasteiger partial charge is 0.590 e. The lowest BCUT2D eigenvalue weighted by atomic mass is 9.99. The summed E-state index contributed by atoms with van der Waals surface area (Å²) in [5.41, 5.74) is 0. The molecule has 2 atom stereocenters. The van der Waals surface area contributed by atoms with Crippen molar-refractivity contribution in [3.05, 3.63) is 12.2 Å². The molecule has 0 N–H and O–H groups in total. The van der Waals surface area contributed by atoms with E-state index in [1.165, 1.54) is 70.6 Å². The summed E-state index contributed by atoms with van der Waals surface area (Å²) in [5, 5.41) is -0.601. The van der Waals surface area contributed by atoms with Crippen molar-refractivity contribution >= 4 is 8.03 Å². The minimum absolute atomic E-state index is 0.512. The van der Waals surface area contributed by atoms with E-state index in [-0.39, 0.29) is 0 Å². The van der Waals surface area contributed by atoms with Crippen molar-refractivity contribution in [2.24, 2.45) is 0 Å². The average Bonchev–Trinajstić information content (AvgIpc) is 2.65. The van der Waals surface area contributed by atoms with Gasteiger partial charge in [-0.2, -0.15) is 0 Å². The van der Waals surface area contributed by atoms with Crippen LogP contribution in [0.5, 0.6) is 0 Å². The SMILES string of the molecule is CCCCCCCCCCCC=CCCCCCC(CCC)([P+](=O)[O-])[N+](C)(C)C. The van der Waals surface area contributed by atoms with Crippen LogP contribution in [0.25, 0.3) is 0 Å². The van der Waals surface area contributed by atoms with Crippen molar-refractivity contribution in [3.63, 3.8) is 0 Å². The van der Waals surface area contributed by atoms with Crippen LogP contribution in [0.1, 0.15) is 123 Å². The topological polar surface area (TPSA) is 40.1 Å². The molecule has 4 heteroatoms. The average molecular weight is 429 g/mol. The van der Waals surface area contributed by atoms with Gasteiger partial charge in [-0.25, -0.2) is 0 Å². The highest BCUT2D eigenvalue weighted by Gasteiger charge is 2.53. The molecular weight excluding hydrogens is 377 g/mol. The molecule has 0 bridgehead atoms. The van der Waals surface area contributed by atoms with Gasteiger partial charge in [0.05, 0.1) is 21.1 Å². The lowest BCUT2D eigenvalue weighted by Gasteiger charge is -2.39. The number of allylic oxidation sites excluding steroid dienone is 2. The molecule has 0 rings (SSSR count). The van der Waals surface area contributed by atoms with E-state index in [4.69, 9.17) is 0 Å². The normalized spacial score (nSPS) is 15.0. The first-order valence-electron chi connectivity index (χ1n) is 12.4. The number of unbranched alkanes of at least 4 members (excludes halogenated alkanes) is 12. The van der Waals surface area contributed by atoms with E-state index in [1.54, 1.807) is 0 Å². The summed E-state index contributed by atoms with van der Waals surface area (Å²) >= 11 is 0. The summed E-state index contributed by atoms with van der Waals surface area (Å²) in [6.07, 6.45) is 25.3. The number of nitrogens with zero attached hydrogens (tertiary/aromatic N) is 1. The molecule has 0 aliphatic heterocycles. The molecule has 0 amide bonds. The van der Waals surface area contributed by atoms with E-state index in [0.717, 1.165) is 38.5 Å². The van der Waals surface area contributed by atoms with Gasteiger partial charge in [-0.3, -0.25) is 4.48 Å². The number of hydrogen-bond acceptors (Lipinski definition) is 2. The van der Waals surface area contributed by atoms with Crippen LogP contribution in [0, 0.1) is 0 Å². The Morgan fingerprint density at radius 3 is 1.55 bits per heavy atom. The van der Waals surface area contributed by atoms with Crippen LogP contribution in [-0.2, 0) is 4.57 Å². The van der Waals surface area contributed by atoms with Gasteiger partial charge in [0.1, 0.15) is 0 Å². The first kappa shape index (κ1) is 28.8. The molecule has 0 aliphatic carbocycles. The van der Waals surface area contributed by atoms with Gasteiger partial charge in [0, 0.05) is 12.8 Å². The van der Waals surface area contributed by atoms with Gasteiger partial charge in [0.25, 0.3) is 5.28 Å². The Bertz CT molecular complexity index is 431. The van der Waals surface area contributed by atoms with Crippen LogP contribution < -0.4 is 4.89 Å². The second-order valence-electron chi connectivity index (χ2n) is 9.69. The van der Waals surface area contributed by atoms with Crippen molar-refractivity contribution in [1.29, 1.82) is 0 Å². The summed E-state index contributed by atoms with van der Waals surface area (Å²) in [6, 6.07) is 0. The molecule has 172 valence electrons. The van der Waals surface area contributed by atoms with Crippen molar-refractivity contribution in [1.82, 2.24) is 0 Å². The van der Waals surface area contributed by atoms with Crippen LogP contribution in [0.4, 0.5) is 0 Å². The van der Waals surface area contributed by atoms with E-state index >= 15 is 0 Å². The van der Waals surface area contributed by atoms with E-state index in [1.807, 2.05) is 21.1 Å². The van der Waals surface area contributed by atoms with Crippen LogP contribution >= 0.6 is 8.03 Å². The zero-order valence-corrected chi connectivity index (χ0v) is 21.3. The lowest BCUT2D eigenvalue weighted by molar-refractivity contribution is -0.910. The molecule has 2 unspecified atom stereocenters. The molecule has 0 heterocycles. The molecule has 0 aromatic carbocycles. The third-order valence-electron chi connectivity index (χ3n) is 6.33. The minimum atomic E-state index is -2.43. The zero-order valence-electron chi connectivity index (χ0n) is 20.4. The van der Waals surface area contributed by atoms with Gasteiger partial charge in [-0.15, -0.1) is 0 Å². The fourth-order valence-corrected chi connectivity index (χ4v) is 5.52. The fraction of sp³-hybridized carbons (Fsp3) is 0.920. The Morgan fingerprint density at radius 2 is 1.14 bits per heavy atom. The summed E-state index contributed by atoms with van der Waals surface area (Å²) in [5.74, 6) is 0. The fourth-order valence-electron chi connectivity index (χ4n) is 4.28. The highest BCUT2D eigenvalue weighted by Crippen LogP contribution is 2.45. The first-order chi connectivity index (χ1) is 13.8. The summed E-state index contributed by atoms with van der Waals surface area (Å²) in [6.45, 7) is 4.36. The number of rotatable bonds is 20. The highest BCUT2D eigenvalue weighted by molar-refractivity contribution is 7.38. The first-order valence-corrected chi connectivity index (χ1v) is 13.6. The van der Waals surface area contributed by atoms with Crippen molar-refractivity contribution in [2.45, 2.75) is 128 Å². The Kier molecular flexibility index (Phi) is 17.3. The maximum Gasteiger partial charge on any atom is 0.376 e. The second-order valence-corrected chi connectivity index (χ2v) is 11.0. The van der Waals surface area contributed by atoms with Gasteiger partial charge in [-0.1, -0.05) is 88.4 Å². The molecule has 0 spiro atoms. The van der Waals surface area contributed by atoms with Crippen LogP contribution in [-0.4, -0.2) is 30.9 Å². The Labute approximate surface area is 183 Å². The highest BCUT2D eigenvalue weighted by atomic mass is 31.1. The second kappa shape index (κ2) is 17.4. The number of quaternary nitrogens is 1. The minimum Gasteiger partial charge on any atom is -0.590 e. The molecule has 29 heavy (non-hydrogen) atoms. The molecule has 0 saturated carbocycles. The summed E-state index contributed by atoms with van der Waals surface area (Å²) < 4.78 is 12.6. The van der Waals surface area contributed by atoms with Crippen LogP contribution in [0.3, 0.4) is 0 Å². The number of hydrogen-bond donors (Lipinski definition) is 0. The van der Waals surface area contributed by atoms with Crippen LogP contribution in [0.15, 0.2) is 12.2 Å².